The number of piperidine rings is 1. The number of likely N-dealkylation sites (tertiary alicyclic amines) is 1. The molecule has 0 atom stereocenters. The SMILES string of the molecule is CC1CCN(Cc2csc(NC(=O)CCn3cnc4sc5c(c4c3=O)CCCC5)n2)CC1. The van der Waals surface area contributed by atoms with Gasteiger partial charge in [-0.2, -0.15) is 0 Å². The Morgan fingerprint density at radius 2 is 2.06 bits per heavy atom. The topological polar surface area (TPSA) is 80.1 Å². The summed E-state index contributed by atoms with van der Waals surface area (Å²) in [6.07, 6.45) is 8.60. The van der Waals surface area contributed by atoms with E-state index in [2.05, 4.69) is 27.1 Å². The first-order chi connectivity index (χ1) is 15.6. The van der Waals surface area contributed by atoms with Crippen LogP contribution >= 0.6 is 22.7 Å². The van der Waals surface area contributed by atoms with E-state index in [1.807, 2.05) is 5.38 Å². The second-order valence-corrected chi connectivity index (χ2v) is 11.0. The van der Waals surface area contributed by atoms with E-state index in [-0.39, 0.29) is 17.9 Å². The van der Waals surface area contributed by atoms with E-state index in [0.29, 0.717) is 11.7 Å². The van der Waals surface area contributed by atoms with Crippen LogP contribution in [0.25, 0.3) is 10.2 Å². The van der Waals surface area contributed by atoms with Crippen LogP contribution in [0.3, 0.4) is 0 Å². The minimum atomic E-state index is -0.128. The van der Waals surface area contributed by atoms with Gasteiger partial charge in [0.25, 0.3) is 5.56 Å². The van der Waals surface area contributed by atoms with Crippen LogP contribution in [-0.4, -0.2) is 38.4 Å². The predicted octanol–water partition coefficient (Wildman–Crippen LogP) is 4.05. The maximum atomic E-state index is 13.0. The van der Waals surface area contributed by atoms with Crippen LogP contribution in [0.4, 0.5) is 5.13 Å². The number of aromatic nitrogens is 3. The van der Waals surface area contributed by atoms with Crippen molar-refractivity contribution in [3.05, 3.63) is 38.2 Å². The van der Waals surface area contributed by atoms with Gasteiger partial charge in [0.2, 0.25) is 5.91 Å². The minimum absolute atomic E-state index is 0.0189. The van der Waals surface area contributed by atoms with E-state index in [9.17, 15) is 9.59 Å². The lowest BCUT2D eigenvalue weighted by molar-refractivity contribution is -0.116. The first-order valence-corrected chi connectivity index (χ1v) is 13.2. The van der Waals surface area contributed by atoms with E-state index in [1.54, 1.807) is 22.2 Å². The number of nitrogens with zero attached hydrogens (tertiary/aromatic N) is 4. The highest BCUT2D eigenvalue weighted by atomic mass is 32.1. The quantitative estimate of drug-likeness (QED) is 0.587. The maximum Gasteiger partial charge on any atom is 0.262 e. The van der Waals surface area contributed by atoms with E-state index >= 15 is 0 Å². The summed E-state index contributed by atoms with van der Waals surface area (Å²) in [4.78, 5) is 39.2. The number of carbonyl (C=O) groups excluding carboxylic acids is 1. The van der Waals surface area contributed by atoms with Crippen molar-refractivity contribution in [3.8, 4) is 0 Å². The molecule has 1 saturated heterocycles. The molecule has 7 nitrogen and oxygen atoms in total. The summed E-state index contributed by atoms with van der Waals surface area (Å²) in [5.41, 5.74) is 2.17. The zero-order valence-electron chi connectivity index (χ0n) is 18.4. The molecular weight excluding hydrogens is 442 g/mol. The van der Waals surface area contributed by atoms with Crippen LogP contribution in [0.2, 0.25) is 0 Å². The van der Waals surface area contributed by atoms with Gasteiger partial charge in [0.05, 0.1) is 17.4 Å². The van der Waals surface area contributed by atoms with Gasteiger partial charge in [0, 0.05) is 29.8 Å². The van der Waals surface area contributed by atoms with Gasteiger partial charge in [0.15, 0.2) is 5.13 Å². The van der Waals surface area contributed by atoms with Crippen molar-refractivity contribution in [1.82, 2.24) is 19.4 Å². The molecule has 9 heteroatoms. The van der Waals surface area contributed by atoms with Crippen molar-refractivity contribution >= 4 is 43.9 Å². The van der Waals surface area contributed by atoms with Gasteiger partial charge in [0.1, 0.15) is 4.83 Å². The first kappa shape index (κ1) is 21.7. The number of rotatable bonds is 6. The molecule has 1 fully saturated rings. The number of anilines is 1. The summed E-state index contributed by atoms with van der Waals surface area (Å²) in [6, 6.07) is 0. The molecule has 5 rings (SSSR count). The van der Waals surface area contributed by atoms with Crippen LogP contribution in [0.15, 0.2) is 16.5 Å². The Kier molecular flexibility index (Phi) is 6.39. The molecule has 3 aromatic heterocycles. The fourth-order valence-corrected chi connectivity index (χ4v) is 6.57. The van der Waals surface area contributed by atoms with E-state index in [0.717, 1.165) is 60.7 Å². The Labute approximate surface area is 195 Å². The number of aryl methyl sites for hydroxylation is 3. The van der Waals surface area contributed by atoms with Crippen LogP contribution in [-0.2, 0) is 30.7 Å². The molecule has 0 saturated carbocycles. The largest absolute Gasteiger partial charge is 0.302 e. The number of nitrogens with one attached hydrogen (secondary N) is 1. The molecule has 0 unspecified atom stereocenters. The molecule has 0 radical (unpaired) electrons. The average Bonchev–Trinajstić information content (AvgIpc) is 3.39. The molecule has 170 valence electrons. The van der Waals surface area contributed by atoms with Crippen molar-refractivity contribution in [2.45, 2.75) is 65.0 Å². The Morgan fingerprint density at radius 1 is 1.25 bits per heavy atom. The fraction of sp³-hybridized carbons (Fsp3) is 0.565. The first-order valence-electron chi connectivity index (χ1n) is 11.5. The Morgan fingerprint density at radius 3 is 2.91 bits per heavy atom. The number of thiophene rings is 1. The van der Waals surface area contributed by atoms with E-state index in [4.69, 9.17) is 0 Å². The average molecular weight is 472 g/mol. The minimum Gasteiger partial charge on any atom is -0.302 e. The third-order valence-electron chi connectivity index (χ3n) is 6.58. The number of fused-ring (bicyclic) bond motifs is 3. The van der Waals surface area contributed by atoms with E-state index in [1.165, 1.54) is 41.0 Å². The Bertz CT molecular complexity index is 1170. The molecular formula is C23H29N5O2S2. The molecule has 3 aromatic rings. The number of thiazole rings is 1. The highest BCUT2D eigenvalue weighted by Gasteiger charge is 2.20. The summed E-state index contributed by atoms with van der Waals surface area (Å²) < 4.78 is 1.58. The zero-order chi connectivity index (χ0) is 22.1. The summed E-state index contributed by atoms with van der Waals surface area (Å²) in [6.45, 7) is 5.69. The molecule has 0 aromatic carbocycles. The molecule has 4 heterocycles. The van der Waals surface area contributed by atoms with Gasteiger partial charge >= 0.3 is 0 Å². The molecule has 2 aliphatic rings. The summed E-state index contributed by atoms with van der Waals surface area (Å²) >= 11 is 3.11. The summed E-state index contributed by atoms with van der Waals surface area (Å²) in [7, 11) is 0. The van der Waals surface area contributed by atoms with E-state index < -0.39 is 0 Å². The number of hydrogen-bond acceptors (Lipinski definition) is 7. The van der Waals surface area contributed by atoms with Gasteiger partial charge in [-0.1, -0.05) is 6.92 Å². The molecule has 1 aliphatic heterocycles. The fourth-order valence-electron chi connectivity index (χ4n) is 4.63. The van der Waals surface area contributed by atoms with Crippen LogP contribution in [0, 0.1) is 5.92 Å². The Hall–Kier alpha value is -2.10. The van der Waals surface area contributed by atoms with Gasteiger partial charge in [-0.25, -0.2) is 9.97 Å². The molecule has 1 aliphatic carbocycles. The molecule has 32 heavy (non-hydrogen) atoms. The zero-order valence-corrected chi connectivity index (χ0v) is 20.1. The number of amides is 1. The third kappa shape index (κ3) is 4.65. The summed E-state index contributed by atoms with van der Waals surface area (Å²) in [5, 5.41) is 6.31. The lowest BCUT2D eigenvalue weighted by atomic mass is 9.97. The van der Waals surface area contributed by atoms with Gasteiger partial charge in [-0.15, -0.1) is 22.7 Å². The van der Waals surface area contributed by atoms with Crippen molar-refractivity contribution in [2.24, 2.45) is 5.92 Å². The maximum absolute atomic E-state index is 13.0. The van der Waals surface area contributed by atoms with Gasteiger partial charge in [-0.3, -0.25) is 19.1 Å². The standard InChI is InChI=1S/C23H29N5O2S2/c1-15-6-9-27(10-7-15)12-16-13-31-23(25-16)26-19(29)8-11-28-14-24-21-20(22(28)30)17-4-2-3-5-18(17)32-21/h13-15H,2-12H2,1H3,(H,25,26,29). The van der Waals surface area contributed by atoms with Gasteiger partial charge in [-0.05, 0) is 63.1 Å². The summed E-state index contributed by atoms with van der Waals surface area (Å²) in [5.74, 6) is 0.683. The van der Waals surface area contributed by atoms with Gasteiger partial charge < -0.3 is 5.32 Å². The lowest BCUT2D eigenvalue weighted by Crippen LogP contribution is -2.32. The number of hydrogen-bond donors (Lipinski definition) is 1. The van der Waals surface area contributed by atoms with Crippen LogP contribution in [0.5, 0.6) is 0 Å². The number of carbonyl (C=O) groups is 1. The second-order valence-electron chi connectivity index (χ2n) is 9.04. The van der Waals surface area contributed by atoms with Crippen molar-refractivity contribution in [1.29, 1.82) is 0 Å². The van der Waals surface area contributed by atoms with Crippen molar-refractivity contribution in [2.75, 3.05) is 18.4 Å². The third-order valence-corrected chi connectivity index (χ3v) is 8.59. The molecule has 0 bridgehead atoms. The lowest BCUT2D eigenvalue weighted by Gasteiger charge is -2.29. The smallest absolute Gasteiger partial charge is 0.262 e. The highest BCUT2D eigenvalue weighted by Crippen LogP contribution is 2.33. The highest BCUT2D eigenvalue weighted by molar-refractivity contribution is 7.18. The monoisotopic (exact) mass is 471 g/mol. The van der Waals surface area contributed by atoms with Crippen molar-refractivity contribution < 1.29 is 4.79 Å². The second kappa shape index (κ2) is 9.41. The Balaban J connectivity index is 1.18. The molecule has 1 amide bonds. The van der Waals surface area contributed by atoms with Crippen LogP contribution in [0.1, 0.15) is 55.2 Å². The van der Waals surface area contributed by atoms with Crippen molar-refractivity contribution in [3.63, 3.8) is 0 Å². The molecule has 1 N–H and O–H groups in total. The predicted molar refractivity (Wildman–Crippen MR) is 130 cm³/mol. The normalized spacial score (nSPS) is 17.5. The molecule has 0 spiro atoms. The van der Waals surface area contributed by atoms with Crippen LogP contribution < -0.4 is 10.9 Å².